The third-order valence-corrected chi connectivity index (χ3v) is 9.34. The molecule has 2 aliphatic heterocycles. The first-order chi connectivity index (χ1) is 24.6. The van der Waals surface area contributed by atoms with Gasteiger partial charge >= 0.3 is 6.11 Å². The predicted octanol–water partition coefficient (Wildman–Crippen LogP) is 7.43. The number of likely N-dealkylation sites (N-methyl/N-ethyl adjacent to an activating group) is 1. The van der Waals surface area contributed by atoms with Crippen molar-refractivity contribution in [3.05, 3.63) is 99.8 Å². The van der Waals surface area contributed by atoms with Gasteiger partial charge in [0.25, 0.3) is 5.91 Å². The molecular weight excluding hydrogens is 682 g/mol. The Labute approximate surface area is 300 Å². The van der Waals surface area contributed by atoms with Crippen molar-refractivity contribution in [2.75, 3.05) is 33.9 Å². The molecule has 3 aromatic carbocycles. The highest BCUT2D eigenvalue weighted by atomic mass is 35.5. The van der Waals surface area contributed by atoms with E-state index in [2.05, 4.69) is 4.98 Å². The lowest BCUT2D eigenvalue weighted by Gasteiger charge is -2.36. The molecule has 0 spiro atoms. The molecule has 0 N–H and O–H groups in total. The van der Waals surface area contributed by atoms with Gasteiger partial charge in [0.15, 0.2) is 11.5 Å². The molecule has 0 unspecified atom stereocenters. The first-order valence-electron chi connectivity index (χ1n) is 16.5. The molecule has 4 aromatic rings. The molecule has 3 heterocycles. The second-order valence-electron chi connectivity index (χ2n) is 12.3. The maximum atomic E-state index is 16.2. The van der Waals surface area contributed by atoms with Crippen LogP contribution in [0.2, 0.25) is 5.02 Å². The number of carbonyl (C=O) groups excluding carboxylic acids is 1. The summed E-state index contributed by atoms with van der Waals surface area (Å²) in [5.74, 6) is 0.900. The maximum Gasteiger partial charge on any atom is 0.427 e. The van der Waals surface area contributed by atoms with Crippen molar-refractivity contribution >= 4 is 17.5 Å². The molecule has 13 heteroatoms. The second kappa shape index (κ2) is 15.5. The zero-order chi connectivity index (χ0) is 36.1. The van der Waals surface area contributed by atoms with Crippen LogP contribution in [0.5, 0.6) is 23.0 Å². The number of hydrogen-bond donors (Lipinski definition) is 0. The Bertz CT molecular complexity index is 1950. The fourth-order valence-electron chi connectivity index (χ4n) is 6.34. The van der Waals surface area contributed by atoms with Gasteiger partial charge in [-0.25, -0.2) is 10.0 Å². The first-order valence-corrected chi connectivity index (χ1v) is 16.9. The number of nitriles is 1. The number of piperidine rings is 1. The minimum Gasteiger partial charge on any atom is -0.488 e. The number of likely N-dealkylation sites (tertiary alicyclic amines) is 1. The molecule has 1 saturated heterocycles. The van der Waals surface area contributed by atoms with E-state index in [4.69, 9.17) is 35.4 Å². The maximum absolute atomic E-state index is 16.2. The second-order valence-corrected chi connectivity index (χ2v) is 12.7. The van der Waals surface area contributed by atoms with Crippen LogP contribution < -0.4 is 18.9 Å². The lowest BCUT2D eigenvalue weighted by Crippen LogP contribution is -2.49. The van der Waals surface area contributed by atoms with Crippen molar-refractivity contribution in [1.82, 2.24) is 14.9 Å². The van der Waals surface area contributed by atoms with Crippen LogP contribution >= 0.6 is 11.6 Å². The van der Waals surface area contributed by atoms with Crippen LogP contribution in [0.1, 0.15) is 47.2 Å². The molecule has 51 heavy (non-hydrogen) atoms. The number of alkyl halides is 2. The fraction of sp³-hybridized carbons (Fsp3) is 0.342. The molecule has 1 amide bonds. The summed E-state index contributed by atoms with van der Waals surface area (Å²) in [6.45, 7) is 3.33. The van der Waals surface area contributed by atoms with Crippen LogP contribution in [-0.2, 0) is 28.9 Å². The van der Waals surface area contributed by atoms with Gasteiger partial charge in [-0.1, -0.05) is 36.2 Å². The smallest absolute Gasteiger partial charge is 0.427 e. The molecular formula is C38H37ClF2N4O6. The Morgan fingerprint density at radius 3 is 2.69 bits per heavy atom. The number of nitrogens with zero attached hydrogens (tertiary/aromatic N) is 4. The Hall–Kier alpha value is -4.96. The van der Waals surface area contributed by atoms with Crippen molar-refractivity contribution in [2.45, 2.75) is 51.5 Å². The van der Waals surface area contributed by atoms with Crippen molar-refractivity contribution in [2.24, 2.45) is 0 Å². The summed E-state index contributed by atoms with van der Waals surface area (Å²) in [4.78, 5) is 24.3. The number of fused-ring (bicyclic) bond motifs is 1. The van der Waals surface area contributed by atoms with E-state index >= 15 is 8.78 Å². The number of hydrogen-bond acceptors (Lipinski definition) is 9. The predicted molar refractivity (Wildman–Crippen MR) is 185 cm³/mol. The molecule has 0 saturated carbocycles. The van der Waals surface area contributed by atoms with Crippen LogP contribution in [0.3, 0.4) is 0 Å². The normalized spacial score (nSPS) is 15.9. The number of hydroxylamine groups is 2. The lowest BCUT2D eigenvalue weighted by atomic mass is 9.95. The summed E-state index contributed by atoms with van der Waals surface area (Å²) in [6, 6.07) is 17.7. The van der Waals surface area contributed by atoms with E-state index in [9.17, 15) is 10.1 Å². The standard InChI is InChI=1S/C38H37ClF2N4O6/c1-24-29(26-10-11-33-36(19-26)49-16-15-48-33)7-6-8-30(24)38(40,41)51-35-20-34(50-23-25-12-13-43-28(17-25)21-42)27(18-31(35)39)22-45-14-5-4-9-32(45)37(46)44(2)47-3/h6-8,10-13,17-20,32H,4-5,9,14-16,22-23H2,1-3H3/t32-/m0/s1. The monoisotopic (exact) mass is 718 g/mol. The van der Waals surface area contributed by atoms with E-state index in [0.29, 0.717) is 65.5 Å². The summed E-state index contributed by atoms with van der Waals surface area (Å²) >= 11 is 6.68. The molecule has 0 bridgehead atoms. The van der Waals surface area contributed by atoms with Gasteiger partial charge in [0.05, 0.1) is 23.7 Å². The molecule has 1 fully saturated rings. The van der Waals surface area contributed by atoms with Gasteiger partial charge in [-0.15, -0.1) is 0 Å². The third-order valence-electron chi connectivity index (χ3n) is 9.04. The third kappa shape index (κ3) is 8.01. The van der Waals surface area contributed by atoms with Crippen LogP contribution in [-0.4, -0.2) is 60.8 Å². The molecule has 10 nitrogen and oxygen atoms in total. The van der Waals surface area contributed by atoms with Crippen molar-refractivity contribution < 1.29 is 37.4 Å². The summed E-state index contributed by atoms with van der Waals surface area (Å²) in [6.07, 6.45) is 0.0684. The van der Waals surface area contributed by atoms with E-state index in [1.54, 1.807) is 56.4 Å². The van der Waals surface area contributed by atoms with E-state index in [1.807, 2.05) is 11.0 Å². The Balaban J connectivity index is 1.32. The molecule has 0 aliphatic carbocycles. The van der Waals surface area contributed by atoms with Gasteiger partial charge < -0.3 is 18.9 Å². The van der Waals surface area contributed by atoms with Crippen molar-refractivity contribution in [1.29, 1.82) is 5.26 Å². The van der Waals surface area contributed by atoms with Crippen molar-refractivity contribution in [3.8, 4) is 40.2 Å². The van der Waals surface area contributed by atoms with Gasteiger partial charge in [-0.3, -0.25) is 14.5 Å². The van der Waals surface area contributed by atoms with Gasteiger partial charge in [-0.2, -0.15) is 14.0 Å². The van der Waals surface area contributed by atoms with Crippen LogP contribution in [0.4, 0.5) is 8.78 Å². The van der Waals surface area contributed by atoms with Gasteiger partial charge in [0.2, 0.25) is 0 Å². The van der Waals surface area contributed by atoms with Gasteiger partial charge in [0, 0.05) is 31.4 Å². The van der Waals surface area contributed by atoms with Gasteiger partial charge in [0.1, 0.15) is 43.1 Å². The summed E-state index contributed by atoms with van der Waals surface area (Å²) in [5.41, 5.74) is 2.68. The number of ether oxygens (including phenoxy) is 4. The Morgan fingerprint density at radius 2 is 1.90 bits per heavy atom. The number of pyridine rings is 1. The first kappa shape index (κ1) is 35.9. The fourth-order valence-corrected chi connectivity index (χ4v) is 6.57. The van der Waals surface area contributed by atoms with Crippen LogP contribution in [0, 0.1) is 18.3 Å². The zero-order valence-corrected chi connectivity index (χ0v) is 29.2. The number of amides is 1. The summed E-state index contributed by atoms with van der Waals surface area (Å²) < 4.78 is 55.3. The molecule has 266 valence electrons. The van der Waals surface area contributed by atoms with Crippen molar-refractivity contribution in [3.63, 3.8) is 0 Å². The van der Waals surface area contributed by atoms with E-state index in [-0.39, 0.29) is 46.8 Å². The summed E-state index contributed by atoms with van der Waals surface area (Å²) in [5, 5.41) is 10.5. The quantitative estimate of drug-likeness (QED) is 0.146. The Morgan fingerprint density at radius 1 is 1.10 bits per heavy atom. The zero-order valence-electron chi connectivity index (χ0n) is 28.5. The number of benzene rings is 3. The van der Waals surface area contributed by atoms with E-state index in [1.165, 1.54) is 36.6 Å². The average Bonchev–Trinajstić information content (AvgIpc) is 3.14. The van der Waals surface area contributed by atoms with E-state index < -0.39 is 12.2 Å². The largest absolute Gasteiger partial charge is 0.488 e. The Kier molecular flexibility index (Phi) is 10.9. The van der Waals surface area contributed by atoms with Crippen LogP contribution in [0.25, 0.3) is 11.1 Å². The number of halogens is 3. The number of aromatic nitrogens is 1. The SMILES string of the molecule is CON(C)C(=O)[C@@H]1CCCCN1Cc1cc(Cl)c(OC(F)(F)c2cccc(-c3ccc4c(c3)OCCO4)c2C)cc1OCc1ccnc(C#N)c1. The molecule has 1 aromatic heterocycles. The number of rotatable bonds is 11. The lowest BCUT2D eigenvalue weighted by molar-refractivity contribution is -0.185. The van der Waals surface area contributed by atoms with Crippen LogP contribution in [0.15, 0.2) is 66.9 Å². The highest BCUT2D eigenvalue weighted by Gasteiger charge is 2.38. The molecule has 1 atom stereocenters. The highest BCUT2D eigenvalue weighted by Crippen LogP contribution is 2.43. The molecule has 0 radical (unpaired) electrons. The summed E-state index contributed by atoms with van der Waals surface area (Å²) in [7, 11) is 2.99. The van der Waals surface area contributed by atoms with E-state index in [0.717, 1.165) is 12.8 Å². The number of carbonyl (C=O) groups is 1. The topological polar surface area (TPSA) is 106 Å². The molecule has 2 aliphatic rings. The minimum absolute atomic E-state index is 0.00707. The average molecular weight is 719 g/mol. The molecule has 6 rings (SSSR count). The minimum atomic E-state index is -3.79. The highest BCUT2D eigenvalue weighted by molar-refractivity contribution is 6.32. The van der Waals surface area contributed by atoms with Gasteiger partial charge in [-0.05, 0) is 85.0 Å².